The third-order valence-electron chi connectivity index (χ3n) is 5.89. The molecule has 6 heteroatoms. The van der Waals surface area contributed by atoms with Crippen LogP contribution in [0, 0.1) is 17.9 Å². The average molecular weight is 344 g/mol. The summed E-state index contributed by atoms with van der Waals surface area (Å²) in [6, 6.07) is 12.0. The molecule has 6 nitrogen and oxygen atoms in total. The zero-order valence-corrected chi connectivity index (χ0v) is 14.5. The fourth-order valence-electron chi connectivity index (χ4n) is 4.26. The van der Waals surface area contributed by atoms with Crippen LogP contribution in [0.4, 0.5) is 11.6 Å². The van der Waals surface area contributed by atoms with Crippen LogP contribution >= 0.6 is 0 Å². The molecule has 2 aliphatic rings. The number of anilines is 1. The largest absolute Gasteiger partial charge is 0.341 e. The average Bonchev–Trinajstić information content (AvgIpc) is 3.07. The number of nitrogens with two attached hydrogens (primary N) is 1. The molecule has 1 saturated carbocycles. The molecule has 0 amide bonds. The lowest BCUT2D eigenvalue weighted by Crippen LogP contribution is -2.30. The fourth-order valence-corrected chi connectivity index (χ4v) is 4.26. The normalized spacial score (nSPS) is 23.8. The molecule has 0 unspecified atom stereocenters. The first-order chi connectivity index (χ1) is 12.7. The summed E-state index contributed by atoms with van der Waals surface area (Å²) in [6.07, 6.45) is 2.88. The molecule has 3 aromatic rings. The predicted octanol–water partition coefficient (Wildman–Crippen LogP) is 2.82. The number of hydrogen-bond acceptors (Lipinski definition) is 4. The van der Waals surface area contributed by atoms with Crippen LogP contribution in [0.25, 0.3) is 15.9 Å². The van der Waals surface area contributed by atoms with Crippen LogP contribution in [0.5, 0.6) is 0 Å². The van der Waals surface area contributed by atoms with E-state index >= 15 is 0 Å². The fraction of sp³-hybridized carbons (Fsp3) is 0.350. The Balaban J connectivity index is 1.54. The molecule has 2 atom stereocenters. The Bertz CT molecular complexity index is 1010. The number of aromatic nitrogens is 3. The van der Waals surface area contributed by atoms with Crippen LogP contribution in [0.1, 0.15) is 12.1 Å². The van der Waals surface area contributed by atoms with Crippen molar-refractivity contribution in [2.24, 2.45) is 17.1 Å². The zero-order chi connectivity index (χ0) is 17.7. The van der Waals surface area contributed by atoms with Gasteiger partial charge < -0.3 is 15.2 Å². The minimum Gasteiger partial charge on any atom is -0.341 e. The molecule has 3 heterocycles. The number of fused-ring (bicyclic) bond motifs is 2. The minimum absolute atomic E-state index is 0.304. The lowest BCUT2D eigenvalue weighted by molar-refractivity contribution is 0.540. The van der Waals surface area contributed by atoms with E-state index in [0.717, 1.165) is 42.3 Å². The van der Waals surface area contributed by atoms with Gasteiger partial charge in [0.1, 0.15) is 0 Å². The summed E-state index contributed by atoms with van der Waals surface area (Å²) in [6.45, 7) is 10.5. The van der Waals surface area contributed by atoms with Crippen molar-refractivity contribution < 1.29 is 0 Å². The summed E-state index contributed by atoms with van der Waals surface area (Å²) in [5.74, 6) is 1.71. The highest BCUT2D eigenvalue weighted by molar-refractivity contribution is 5.79. The number of para-hydroxylation sites is 2. The molecule has 2 N–H and O–H groups in total. The van der Waals surface area contributed by atoms with E-state index in [1.54, 1.807) is 6.20 Å². The van der Waals surface area contributed by atoms with Gasteiger partial charge in [-0.1, -0.05) is 18.2 Å². The van der Waals surface area contributed by atoms with Gasteiger partial charge in [0, 0.05) is 24.7 Å². The maximum absolute atomic E-state index is 7.08. The first-order valence-corrected chi connectivity index (χ1v) is 8.95. The molecule has 0 radical (unpaired) electrons. The third-order valence-corrected chi connectivity index (χ3v) is 5.89. The van der Waals surface area contributed by atoms with Crippen molar-refractivity contribution in [2.45, 2.75) is 13.0 Å². The van der Waals surface area contributed by atoms with Crippen molar-refractivity contribution in [1.82, 2.24) is 14.5 Å². The van der Waals surface area contributed by atoms with E-state index in [0.29, 0.717) is 23.6 Å². The topological polar surface area (TPSA) is 64.3 Å². The second-order valence-electron chi connectivity index (χ2n) is 7.45. The van der Waals surface area contributed by atoms with Crippen molar-refractivity contribution >= 4 is 22.7 Å². The smallest absolute Gasteiger partial charge is 0.206 e. The van der Waals surface area contributed by atoms with Crippen molar-refractivity contribution in [3.05, 3.63) is 59.7 Å². The van der Waals surface area contributed by atoms with Gasteiger partial charge in [-0.2, -0.15) is 0 Å². The standard InChI is InChI=1S/C20H20N6/c1-22-15-6-7-16(23-9-15)11-26-18-5-3-2-4-17(18)24-19(26)25-10-14-8-20(14,12-21)13-25/h2-7,9,14H,8,10-13,21H2/t14-,20-/m0/s1. The van der Waals surface area contributed by atoms with Crippen LogP contribution < -0.4 is 10.6 Å². The molecule has 0 bridgehead atoms. The van der Waals surface area contributed by atoms with E-state index in [9.17, 15) is 0 Å². The molecule has 1 aromatic carbocycles. The van der Waals surface area contributed by atoms with E-state index in [1.807, 2.05) is 24.3 Å². The maximum Gasteiger partial charge on any atom is 0.206 e. The molecule has 5 rings (SSSR count). The quantitative estimate of drug-likeness (QED) is 0.739. The summed E-state index contributed by atoms with van der Waals surface area (Å²) >= 11 is 0. The Morgan fingerprint density at radius 3 is 2.88 bits per heavy atom. The van der Waals surface area contributed by atoms with Crippen molar-refractivity contribution in [1.29, 1.82) is 0 Å². The summed E-state index contributed by atoms with van der Waals surface area (Å²) in [4.78, 5) is 15.2. The molecular formula is C20H20N6. The monoisotopic (exact) mass is 344 g/mol. The van der Waals surface area contributed by atoms with E-state index in [1.165, 1.54) is 6.42 Å². The molecule has 2 fully saturated rings. The van der Waals surface area contributed by atoms with Crippen LogP contribution in [0.2, 0.25) is 0 Å². The molecular weight excluding hydrogens is 324 g/mol. The zero-order valence-electron chi connectivity index (χ0n) is 14.5. The molecule has 2 aromatic heterocycles. The number of hydrogen-bond donors (Lipinski definition) is 1. The number of rotatable bonds is 4. The van der Waals surface area contributed by atoms with Crippen LogP contribution in [0.3, 0.4) is 0 Å². The predicted molar refractivity (Wildman–Crippen MR) is 101 cm³/mol. The van der Waals surface area contributed by atoms with Gasteiger partial charge in [-0.05, 0) is 37.1 Å². The van der Waals surface area contributed by atoms with E-state index in [4.69, 9.17) is 17.3 Å². The van der Waals surface area contributed by atoms with Crippen molar-refractivity contribution in [2.75, 3.05) is 24.5 Å². The first-order valence-electron chi connectivity index (χ1n) is 8.95. The van der Waals surface area contributed by atoms with Crippen LogP contribution in [-0.2, 0) is 6.54 Å². The van der Waals surface area contributed by atoms with E-state index in [-0.39, 0.29) is 0 Å². The Morgan fingerprint density at radius 2 is 2.15 bits per heavy atom. The minimum atomic E-state index is 0.304. The second-order valence-corrected chi connectivity index (χ2v) is 7.45. The molecule has 26 heavy (non-hydrogen) atoms. The molecule has 1 aliphatic heterocycles. The van der Waals surface area contributed by atoms with Gasteiger partial charge >= 0.3 is 0 Å². The number of pyridine rings is 1. The van der Waals surface area contributed by atoms with Gasteiger partial charge in [-0.15, -0.1) is 0 Å². The Kier molecular flexibility index (Phi) is 3.28. The van der Waals surface area contributed by atoms with E-state index in [2.05, 4.69) is 31.4 Å². The molecule has 130 valence electrons. The summed E-state index contributed by atoms with van der Waals surface area (Å²) in [7, 11) is 0. The summed E-state index contributed by atoms with van der Waals surface area (Å²) in [5.41, 5.74) is 9.94. The van der Waals surface area contributed by atoms with Gasteiger partial charge in [0.2, 0.25) is 11.6 Å². The lowest BCUT2D eigenvalue weighted by atomic mass is 10.1. The maximum atomic E-state index is 7.08. The first kappa shape index (κ1) is 15.4. The van der Waals surface area contributed by atoms with Crippen molar-refractivity contribution in [3.63, 3.8) is 0 Å². The lowest BCUT2D eigenvalue weighted by Gasteiger charge is -2.22. The number of benzene rings is 1. The molecule has 0 spiro atoms. The van der Waals surface area contributed by atoms with E-state index < -0.39 is 0 Å². The van der Waals surface area contributed by atoms with Gasteiger partial charge in [0.15, 0.2) is 0 Å². The third kappa shape index (κ3) is 2.28. The van der Waals surface area contributed by atoms with Gasteiger partial charge in [-0.25, -0.2) is 9.83 Å². The number of imidazole rings is 1. The highest BCUT2D eigenvalue weighted by atomic mass is 15.3. The number of piperidine rings is 1. The Labute approximate surface area is 152 Å². The van der Waals surface area contributed by atoms with Crippen LogP contribution in [0.15, 0.2) is 42.6 Å². The second kappa shape index (κ2) is 5.55. The molecule has 1 saturated heterocycles. The van der Waals surface area contributed by atoms with Gasteiger partial charge in [-0.3, -0.25) is 4.98 Å². The Hall–Kier alpha value is -2.91. The Morgan fingerprint density at radius 1 is 1.27 bits per heavy atom. The van der Waals surface area contributed by atoms with Gasteiger partial charge in [0.05, 0.1) is 29.8 Å². The molecule has 1 aliphatic carbocycles. The SMILES string of the molecule is [C-]#[N+]c1ccc(Cn2c(N3C[C@@H]4C[C@]4(CN)C3)nc3ccccc32)nc1. The van der Waals surface area contributed by atoms with Gasteiger partial charge in [0.25, 0.3) is 0 Å². The highest BCUT2D eigenvalue weighted by Gasteiger charge is 2.59. The summed E-state index contributed by atoms with van der Waals surface area (Å²) < 4.78 is 2.24. The van der Waals surface area contributed by atoms with Crippen molar-refractivity contribution in [3.8, 4) is 0 Å². The summed E-state index contributed by atoms with van der Waals surface area (Å²) in [5, 5.41) is 0. The van der Waals surface area contributed by atoms with Crippen LogP contribution in [-0.4, -0.2) is 34.2 Å². The number of nitrogens with zero attached hydrogens (tertiary/aromatic N) is 5. The highest BCUT2D eigenvalue weighted by Crippen LogP contribution is 2.57.